The summed E-state index contributed by atoms with van der Waals surface area (Å²) in [5, 5.41) is 6.82. The van der Waals surface area contributed by atoms with Crippen LogP contribution >= 0.6 is 0 Å². The van der Waals surface area contributed by atoms with Gasteiger partial charge < -0.3 is 10.6 Å². The highest BCUT2D eigenvalue weighted by atomic mass is 16.1. The average molecular weight is 290 g/mol. The summed E-state index contributed by atoms with van der Waals surface area (Å²) in [6.45, 7) is 3.30. The summed E-state index contributed by atoms with van der Waals surface area (Å²) < 4.78 is 0. The van der Waals surface area contributed by atoms with Crippen LogP contribution in [0.15, 0.2) is 0 Å². The molecular formula is C18H30N2O. The molecule has 1 heterocycles. The topological polar surface area (TPSA) is 41.1 Å². The number of hydrogen-bond donors (Lipinski definition) is 2. The van der Waals surface area contributed by atoms with E-state index in [1.54, 1.807) is 0 Å². The lowest BCUT2D eigenvalue weighted by atomic mass is 9.49. The van der Waals surface area contributed by atoms with Crippen LogP contribution in [-0.4, -0.2) is 24.5 Å². The number of hydrogen-bond acceptors (Lipinski definition) is 2. The summed E-state index contributed by atoms with van der Waals surface area (Å²) in [6.07, 6.45) is 11.5. The molecule has 5 rings (SSSR count). The second-order valence-corrected chi connectivity index (χ2v) is 8.65. The Kier molecular flexibility index (Phi) is 3.52. The number of amides is 1. The normalized spacial score (nSPS) is 48.3. The quantitative estimate of drug-likeness (QED) is 0.839. The number of carbonyl (C=O) groups is 1. The van der Waals surface area contributed by atoms with E-state index in [4.69, 9.17) is 0 Å². The van der Waals surface area contributed by atoms with E-state index >= 15 is 0 Å². The third-order valence-electron chi connectivity index (χ3n) is 6.81. The predicted molar refractivity (Wildman–Crippen MR) is 83.9 cm³/mol. The second-order valence-electron chi connectivity index (χ2n) is 8.65. The Labute approximate surface area is 128 Å². The van der Waals surface area contributed by atoms with Gasteiger partial charge in [-0.05, 0) is 88.0 Å². The smallest absolute Gasteiger partial charge is 0.220 e. The van der Waals surface area contributed by atoms with E-state index in [2.05, 4.69) is 17.6 Å². The van der Waals surface area contributed by atoms with Gasteiger partial charge in [-0.2, -0.15) is 0 Å². The van der Waals surface area contributed by atoms with Crippen LogP contribution in [0.4, 0.5) is 0 Å². The summed E-state index contributed by atoms with van der Waals surface area (Å²) in [7, 11) is 0. The standard InChI is InChI=1S/C18H30N2O/c1-12-16(3-2-4-19-12)20-17(21)11-18-8-13-5-14(9-18)7-15(6-13)10-18/h12-16,19H,2-11H2,1H3,(H,20,21). The van der Waals surface area contributed by atoms with Crippen LogP contribution in [0.25, 0.3) is 0 Å². The molecule has 0 aromatic heterocycles. The lowest BCUT2D eigenvalue weighted by Gasteiger charge is -2.56. The zero-order chi connectivity index (χ0) is 14.4. The Hall–Kier alpha value is -0.570. The van der Waals surface area contributed by atoms with Gasteiger partial charge in [0.05, 0.1) is 0 Å². The lowest BCUT2D eigenvalue weighted by molar-refractivity contribution is -0.130. The van der Waals surface area contributed by atoms with Crippen molar-refractivity contribution in [1.82, 2.24) is 10.6 Å². The molecule has 4 bridgehead atoms. The first-order chi connectivity index (χ1) is 10.1. The van der Waals surface area contributed by atoms with Gasteiger partial charge in [0.25, 0.3) is 0 Å². The van der Waals surface area contributed by atoms with Gasteiger partial charge in [0.1, 0.15) is 0 Å². The molecule has 2 atom stereocenters. The molecule has 5 fully saturated rings. The molecule has 0 aromatic rings. The van der Waals surface area contributed by atoms with Gasteiger partial charge in [0, 0.05) is 18.5 Å². The first kappa shape index (κ1) is 14.0. The van der Waals surface area contributed by atoms with Crippen molar-refractivity contribution >= 4 is 5.91 Å². The Bertz CT molecular complexity index is 384. The van der Waals surface area contributed by atoms with Crippen molar-refractivity contribution in [3.63, 3.8) is 0 Å². The molecule has 4 saturated carbocycles. The third kappa shape index (κ3) is 2.74. The number of rotatable bonds is 3. The monoisotopic (exact) mass is 290 g/mol. The maximum absolute atomic E-state index is 12.6. The Morgan fingerprint density at radius 3 is 2.33 bits per heavy atom. The zero-order valence-corrected chi connectivity index (χ0v) is 13.4. The summed E-state index contributed by atoms with van der Waals surface area (Å²) in [5.74, 6) is 3.16. The summed E-state index contributed by atoms with van der Waals surface area (Å²) in [4.78, 5) is 12.6. The third-order valence-corrected chi connectivity index (χ3v) is 6.81. The van der Waals surface area contributed by atoms with Crippen molar-refractivity contribution in [2.75, 3.05) is 6.54 Å². The molecule has 21 heavy (non-hydrogen) atoms. The van der Waals surface area contributed by atoms with Crippen LogP contribution in [0.2, 0.25) is 0 Å². The molecule has 5 aliphatic rings. The molecule has 0 radical (unpaired) electrons. The SMILES string of the molecule is CC1NCCCC1NC(=O)CC12CC3CC(CC(C3)C1)C2. The fourth-order valence-electron chi connectivity index (χ4n) is 6.35. The average Bonchev–Trinajstić information content (AvgIpc) is 2.39. The fourth-order valence-corrected chi connectivity index (χ4v) is 6.35. The molecule has 3 heteroatoms. The molecule has 1 amide bonds. The van der Waals surface area contributed by atoms with Gasteiger partial charge in [0.15, 0.2) is 0 Å². The molecule has 118 valence electrons. The van der Waals surface area contributed by atoms with Crippen molar-refractivity contribution in [2.45, 2.75) is 76.8 Å². The Morgan fingerprint density at radius 2 is 1.76 bits per heavy atom. The van der Waals surface area contributed by atoms with Crippen molar-refractivity contribution in [3.8, 4) is 0 Å². The van der Waals surface area contributed by atoms with E-state index in [9.17, 15) is 4.79 Å². The molecule has 1 saturated heterocycles. The van der Waals surface area contributed by atoms with Crippen LogP contribution in [0.1, 0.15) is 64.7 Å². The van der Waals surface area contributed by atoms with Gasteiger partial charge in [-0.15, -0.1) is 0 Å². The first-order valence-electron chi connectivity index (χ1n) is 9.15. The first-order valence-corrected chi connectivity index (χ1v) is 9.15. The molecular weight excluding hydrogens is 260 g/mol. The van der Waals surface area contributed by atoms with Gasteiger partial charge in [0.2, 0.25) is 5.91 Å². The minimum absolute atomic E-state index is 0.331. The maximum Gasteiger partial charge on any atom is 0.220 e. The van der Waals surface area contributed by atoms with E-state index in [1.165, 1.54) is 44.9 Å². The van der Waals surface area contributed by atoms with Crippen LogP contribution in [0.5, 0.6) is 0 Å². The molecule has 2 N–H and O–H groups in total. The largest absolute Gasteiger partial charge is 0.352 e. The summed E-state index contributed by atoms with van der Waals surface area (Å²) >= 11 is 0. The molecule has 2 unspecified atom stereocenters. The van der Waals surface area contributed by atoms with Gasteiger partial charge in [-0.3, -0.25) is 4.79 Å². The van der Waals surface area contributed by atoms with Crippen molar-refractivity contribution in [2.24, 2.45) is 23.2 Å². The van der Waals surface area contributed by atoms with Crippen molar-refractivity contribution < 1.29 is 4.79 Å². The fraction of sp³-hybridized carbons (Fsp3) is 0.944. The van der Waals surface area contributed by atoms with Crippen molar-refractivity contribution in [1.29, 1.82) is 0 Å². The zero-order valence-electron chi connectivity index (χ0n) is 13.4. The molecule has 3 nitrogen and oxygen atoms in total. The molecule has 0 aromatic carbocycles. The van der Waals surface area contributed by atoms with Gasteiger partial charge in [-0.1, -0.05) is 0 Å². The Morgan fingerprint density at radius 1 is 1.14 bits per heavy atom. The number of piperidine rings is 1. The van der Waals surface area contributed by atoms with E-state index in [1.807, 2.05) is 0 Å². The molecule has 0 spiro atoms. The highest BCUT2D eigenvalue weighted by Gasteiger charge is 2.51. The maximum atomic E-state index is 12.6. The highest BCUT2D eigenvalue weighted by molar-refractivity contribution is 5.77. The highest BCUT2D eigenvalue weighted by Crippen LogP contribution is 2.61. The Balaban J connectivity index is 1.38. The van der Waals surface area contributed by atoms with E-state index in [-0.39, 0.29) is 0 Å². The molecule has 4 aliphatic carbocycles. The molecule has 1 aliphatic heterocycles. The van der Waals surface area contributed by atoms with Gasteiger partial charge >= 0.3 is 0 Å². The van der Waals surface area contributed by atoms with Crippen LogP contribution < -0.4 is 10.6 Å². The van der Waals surface area contributed by atoms with E-state index < -0.39 is 0 Å². The minimum Gasteiger partial charge on any atom is -0.352 e. The van der Waals surface area contributed by atoms with Crippen LogP contribution in [0, 0.1) is 23.2 Å². The van der Waals surface area contributed by atoms with Crippen LogP contribution in [0.3, 0.4) is 0 Å². The predicted octanol–water partition coefficient (Wildman–Crippen LogP) is 2.85. The van der Waals surface area contributed by atoms with Crippen molar-refractivity contribution in [3.05, 3.63) is 0 Å². The lowest BCUT2D eigenvalue weighted by Crippen LogP contribution is -2.53. The second kappa shape index (κ2) is 5.26. The summed E-state index contributed by atoms with van der Waals surface area (Å²) in [6, 6.07) is 0.777. The van der Waals surface area contributed by atoms with E-state index in [0.29, 0.717) is 23.4 Å². The van der Waals surface area contributed by atoms with E-state index in [0.717, 1.165) is 37.1 Å². The van der Waals surface area contributed by atoms with Gasteiger partial charge in [-0.25, -0.2) is 0 Å². The number of nitrogens with one attached hydrogen (secondary N) is 2. The number of carbonyl (C=O) groups excluding carboxylic acids is 1. The van der Waals surface area contributed by atoms with Crippen LogP contribution in [-0.2, 0) is 4.79 Å². The summed E-state index contributed by atoms with van der Waals surface area (Å²) in [5.41, 5.74) is 0.379. The minimum atomic E-state index is 0.331.